The Hall–Kier alpha value is -3.09. The van der Waals surface area contributed by atoms with Crippen molar-refractivity contribution >= 4 is 16.9 Å². The number of imidazole rings is 1. The predicted molar refractivity (Wildman–Crippen MR) is 112 cm³/mol. The first-order chi connectivity index (χ1) is 14.4. The van der Waals surface area contributed by atoms with Gasteiger partial charge in [0.15, 0.2) is 6.10 Å². The Morgan fingerprint density at radius 2 is 2.03 bits per heavy atom. The second-order valence-electron chi connectivity index (χ2n) is 8.28. The van der Waals surface area contributed by atoms with E-state index >= 15 is 0 Å². The lowest BCUT2D eigenvalue weighted by atomic mass is 10.0. The molecule has 0 saturated heterocycles. The zero-order valence-corrected chi connectivity index (χ0v) is 17.5. The quantitative estimate of drug-likeness (QED) is 0.675. The first-order valence-electron chi connectivity index (χ1n) is 10.5. The van der Waals surface area contributed by atoms with E-state index in [0.29, 0.717) is 24.4 Å². The maximum atomic E-state index is 13.0. The summed E-state index contributed by atoms with van der Waals surface area (Å²) in [4.78, 5) is 34.9. The molecule has 30 heavy (non-hydrogen) atoms. The number of aromatic nitrogens is 2. The fourth-order valence-electron chi connectivity index (χ4n) is 4.71. The van der Waals surface area contributed by atoms with Gasteiger partial charge in [0, 0.05) is 29.5 Å². The second-order valence-corrected chi connectivity index (χ2v) is 8.28. The lowest BCUT2D eigenvalue weighted by Crippen LogP contribution is -2.43. The zero-order valence-electron chi connectivity index (χ0n) is 17.5. The number of amides is 1. The summed E-state index contributed by atoms with van der Waals surface area (Å²) in [5, 5.41) is 0.976. The molecule has 2 aromatic heterocycles. The van der Waals surface area contributed by atoms with Crippen LogP contribution in [-0.4, -0.2) is 33.4 Å². The minimum Gasteiger partial charge on any atom is -0.480 e. The van der Waals surface area contributed by atoms with E-state index in [4.69, 9.17) is 9.15 Å². The molecule has 1 aliphatic heterocycles. The summed E-state index contributed by atoms with van der Waals surface area (Å²) in [5.41, 5.74) is 5.00. The smallest absolute Gasteiger partial charge is 0.339 e. The summed E-state index contributed by atoms with van der Waals surface area (Å²) in [5.74, 6) is 1.38. The summed E-state index contributed by atoms with van der Waals surface area (Å²) in [6.45, 7) is 6.70. The van der Waals surface area contributed by atoms with E-state index in [0.717, 1.165) is 65.0 Å². The highest BCUT2D eigenvalue weighted by Gasteiger charge is 2.28. The number of carbonyl (C=O) groups is 1. The van der Waals surface area contributed by atoms with Crippen LogP contribution in [0.3, 0.4) is 0 Å². The number of hydrogen-bond acceptors (Lipinski definition) is 5. The van der Waals surface area contributed by atoms with Gasteiger partial charge in [-0.2, -0.15) is 0 Å². The van der Waals surface area contributed by atoms with Gasteiger partial charge in [-0.25, -0.2) is 9.78 Å². The van der Waals surface area contributed by atoms with E-state index < -0.39 is 6.10 Å². The largest absolute Gasteiger partial charge is 0.480 e. The molecule has 0 saturated carbocycles. The highest BCUT2D eigenvalue weighted by molar-refractivity contribution is 5.87. The fourth-order valence-corrected chi connectivity index (χ4v) is 4.71. The minimum atomic E-state index is -0.645. The van der Waals surface area contributed by atoms with Crippen molar-refractivity contribution in [2.24, 2.45) is 0 Å². The van der Waals surface area contributed by atoms with Gasteiger partial charge in [-0.3, -0.25) is 4.79 Å². The molecular formula is C23H25N3O4. The van der Waals surface area contributed by atoms with Gasteiger partial charge in [-0.1, -0.05) is 0 Å². The van der Waals surface area contributed by atoms with Gasteiger partial charge in [-0.05, 0) is 57.7 Å². The maximum absolute atomic E-state index is 13.0. The number of nitrogens with one attached hydrogen (secondary N) is 1. The van der Waals surface area contributed by atoms with Gasteiger partial charge in [-0.15, -0.1) is 0 Å². The van der Waals surface area contributed by atoms with E-state index in [2.05, 4.69) is 9.97 Å². The summed E-state index contributed by atoms with van der Waals surface area (Å²) in [7, 11) is 0. The molecule has 2 aliphatic rings. The Morgan fingerprint density at radius 3 is 2.87 bits per heavy atom. The lowest BCUT2D eigenvalue weighted by molar-refractivity contribution is -0.139. The van der Waals surface area contributed by atoms with Gasteiger partial charge in [0.05, 0.1) is 17.9 Å². The molecule has 1 N–H and O–H groups in total. The Balaban J connectivity index is 1.39. The fraction of sp³-hybridized carbons (Fsp3) is 0.435. The van der Waals surface area contributed by atoms with Crippen LogP contribution in [0.15, 0.2) is 21.3 Å². The molecule has 7 heteroatoms. The number of benzene rings is 1. The van der Waals surface area contributed by atoms with E-state index in [1.54, 1.807) is 11.8 Å². The molecule has 3 heterocycles. The second kappa shape index (κ2) is 7.00. The predicted octanol–water partition coefficient (Wildman–Crippen LogP) is 2.97. The molecule has 156 valence electrons. The van der Waals surface area contributed by atoms with Crippen LogP contribution in [0.4, 0.5) is 0 Å². The van der Waals surface area contributed by atoms with Crippen molar-refractivity contribution in [1.82, 2.24) is 14.9 Å². The molecule has 0 spiro atoms. The third-order valence-electron chi connectivity index (χ3n) is 6.25. The number of aromatic amines is 1. The van der Waals surface area contributed by atoms with Crippen LogP contribution in [-0.2, 0) is 30.6 Å². The van der Waals surface area contributed by atoms with E-state index in [9.17, 15) is 9.59 Å². The van der Waals surface area contributed by atoms with Crippen LogP contribution in [0.2, 0.25) is 0 Å². The number of aryl methyl sites for hydroxylation is 3. The van der Waals surface area contributed by atoms with Crippen LogP contribution in [0.25, 0.3) is 11.0 Å². The molecule has 0 bridgehead atoms. The number of ether oxygens (including phenoxy) is 1. The number of H-pyrrole nitrogens is 1. The maximum Gasteiger partial charge on any atom is 0.339 e. The van der Waals surface area contributed by atoms with Crippen LogP contribution in [0, 0.1) is 13.8 Å². The van der Waals surface area contributed by atoms with Gasteiger partial charge in [0.2, 0.25) is 0 Å². The minimum absolute atomic E-state index is 0.0668. The highest BCUT2D eigenvalue weighted by atomic mass is 16.5. The third kappa shape index (κ3) is 3.00. The SMILES string of the molecule is Cc1nc2c([nH]1)CN(C(=O)C(C)Oc1ccc3c4c(c(=O)oc3c1C)CCC4)CC2. The number of fused-ring (bicyclic) bond motifs is 4. The first kappa shape index (κ1) is 18.9. The van der Waals surface area contributed by atoms with Crippen LogP contribution >= 0.6 is 0 Å². The Labute approximate surface area is 174 Å². The van der Waals surface area contributed by atoms with Gasteiger partial charge in [0.25, 0.3) is 5.91 Å². The number of nitrogens with zero attached hydrogens (tertiary/aromatic N) is 2. The lowest BCUT2D eigenvalue weighted by Gasteiger charge is -2.29. The molecule has 1 unspecified atom stereocenters. The van der Waals surface area contributed by atoms with Crippen molar-refractivity contribution < 1.29 is 13.9 Å². The van der Waals surface area contributed by atoms with Crippen molar-refractivity contribution in [2.45, 2.75) is 59.1 Å². The van der Waals surface area contributed by atoms with Gasteiger partial charge >= 0.3 is 5.63 Å². The Morgan fingerprint density at radius 1 is 1.23 bits per heavy atom. The monoisotopic (exact) mass is 407 g/mol. The van der Waals surface area contributed by atoms with Crippen LogP contribution in [0.1, 0.15) is 47.2 Å². The molecule has 3 aromatic rings. The normalized spacial score (nSPS) is 16.4. The van der Waals surface area contributed by atoms with E-state index in [-0.39, 0.29) is 11.5 Å². The molecule has 1 aromatic carbocycles. The summed E-state index contributed by atoms with van der Waals surface area (Å²) in [6.07, 6.45) is 2.76. The van der Waals surface area contributed by atoms with Crippen LogP contribution in [0.5, 0.6) is 5.75 Å². The molecular weight excluding hydrogens is 382 g/mol. The van der Waals surface area contributed by atoms with Crippen LogP contribution < -0.4 is 10.4 Å². The number of hydrogen-bond donors (Lipinski definition) is 1. The standard InChI is InChI=1S/C23H25N3O4/c1-12-20(8-7-16-15-5-4-6-17(15)23(28)30-21(12)16)29-13(2)22(27)26-10-9-18-19(11-26)25-14(3)24-18/h7-8,13H,4-6,9-11H2,1-3H3,(H,24,25). The number of carbonyl (C=O) groups excluding carboxylic acids is 1. The summed E-state index contributed by atoms with van der Waals surface area (Å²) >= 11 is 0. The Kier molecular flexibility index (Phi) is 4.41. The molecule has 1 atom stereocenters. The van der Waals surface area contributed by atoms with E-state index in [1.807, 2.05) is 26.0 Å². The van der Waals surface area contributed by atoms with Gasteiger partial charge < -0.3 is 19.0 Å². The Bertz CT molecular complexity index is 1220. The summed E-state index contributed by atoms with van der Waals surface area (Å²) < 4.78 is 11.7. The molecule has 0 fully saturated rings. The molecule has 0 radical (unpaired) electrons. The zero-order chi connectivity index (χ0) is 21.0. The molecule has 1 aliphatic carbocycles. The topological polar surface area (TPSA) is 88.4 Å². The average molecular weight is 407 g/mol. The molecule has 7 nitrogen and oxygen atoms in total. The molecule has 1 amide bonds. The molecule has 5 rings (SSSR count). The number of rotatable bonds is 3. The van der Waals surface area contributed by atoms with Crippen molar-refractivity contribution in [3.63, 3.8) is 0 Å². The van der Waals surface area contributed by atoms with Crippen molar-refractivity contribution in [3.05, 3.63) is 56.5 Å². The average Bonchev–Trinajstić information content (AvgIpc) is 3.35. The summed E-state index contributed by atoms with van der Waals surface area (Å²) in [6, 6.07) is 3.83. The van der Waals surface area contributed by atoms with Crippen molar-refractivity contribution in [2.75, 3.05) is 6.54 Å². The van der Waals surface area contributed by atoms with Crippen molar-refractivity contribution in [3.8, 4) is 5.75 Å². The third-order valence-corrected chi connectivity index (χ3v) is 6.25. The highest BCUT2D eigenvalue weighted by Crippen LogP contribution is 2.33. The van der Waals surface area contributed by atoms with Gasteiger partial charge in [0.1, 0.15) is 17.2 Å². The van der Waals surface area contributed by atoms with Crippen molar-refractivity contribution in [1.29, 1.82) is 0 Å². The first-order valence-corrected chi connectivity index (χ1v) is 10.5. The van der Waals surface area contributed by atoms with E-state index in [1.165, 1.54) is 0 Å².